The molecule has 2 rings (SSSR count). The minimum absolute atomic E-state index is 0.387. The van der Waals surface area contributed by atoms with Crippen LogP contribution in [0.5, 0.6) is 0 Å². The van der Waals surface area contributed by atoms with Gasteiger partial charge in [0.15, 0.2) is 5.65 Å². The molecule has 1 unspecified atom stereocenters. The van der Waals surface area contributed by atoms with Gasteiger partial charge in [-0.1, -0.05) is 6.92 Å². The molecule has 0 aliphatic rings. The third-order valence-electron chi connectivity index (χ3n) is 2.32. The Labute approximate surface area is 91.7 Å². The molecule has 0 radical (unpaired) electrons. The molecule has 6 heteroatoms. The minimum Gasteiger partial charge on any atom is -0.481 e. The van der Waals surface area contributed by atoms with Crippen molar-refractivity contribution >= 4 is 17.3 Å². The fourth-order valence-electron chi connectivity index (χ4n) is 1.44. The van der Waals surface area contributed by atoms with Crippen LogP contribution in [0.4, 0.5) is 5.69 Å². The van der Waals surface area contributed by atoms with Crippen molar-refractivity contribution < 1.29 is 9.90 Å². The Balaban J connectivity index is 2.29. The van der Waals surface area contributed by atoms with E-state index in [1.807, 2.05) is 0 Å². The van der Waals surface area contributed by atoms with Crippen LogP contribution in [0.15, 0.2) is 18.5 Å². The smallest absolute Gasteiger partial charge is 0.306 e. The zero-order valence-corrected chi connectivity index (χ0v) is 8.79. The number of hydrogen-bond acceptors (Lipinski definition) is 4. The van der Waals surface area contributed by atoms with Gasteiger partial charge in [-0.3, -0.25) is 4.79 Å². The topological polar surface area (TPSA) is 93.5 Å². The van der Waals surface area contributed by atoms with E-state index in [4.69, 9.17) is 10.8 Å². The predicted octanol–water partition coefficient (Wildman–Crippen LogP) is 0.575. The molecular formula is C10H12N4O2. The number of nitrogen functional groups attached to an aromatic ring is 1. The van der Waals surface area contributed by atoms with Gasteiger partial charge in [-0.25, -0.2) is 9.50 Å². The number of fused-ring (bicyclic) bond motifs is 1. The van der Waals surface area contributed by atoms with Crippen LogP contribution in [0.1, 0.15) is 12.6 Å². The summed E-state index contributed by atoms with van der Waals surface area (Å²) in [6.07, 6.45) is 3.58. The number of aliphatic carboxylic acids is 1. The number of carboxylic acids is 1. The van der Waals surface area contributed by atoms with Gasteiger partial charge in [0.05, 0.1) is 29.7 Å². The van der Waals surface area contributed by atoms with Crippen molar-refractivity contribution in [3.8, 4) is 0 Å². The first kappa shape index (κ1) is 10.4. The molecule has 2 aromatic rings. The number of anilines is 1. The second-order valence-corrected chi connectivity index (χ2v) is 3.77. The van der Waals surface area contributed by atoms with Gasteiger partial charge in [0.2, 0.25) is 0 Å². The molecule has 3 N–H and O–H groups in total. The summed E-state index contributed by atoms with van der Waals surface area (Å²) in [6, 6.07) is 1.76. The molecule has 0 aromatic carbocycles. The van der Waals surface area contributed by atoms with Gasteiger partial charge in [0.25, 0.3) is 0 Å². The fraction of sp³-hybridized carbons (Fsp3) is 0.300. The van der Waals surface area contributed by atoms with Crippen molar-refractivity contribution in [2.24, 2.45) is 5.92 Å². The molecule has 0 amide bonds. The lowest BCUT2D eigenvalue weighted by atomic mass is 10.1. The Hall–Kier alpha value is -2.11. The lowest BCUT2D eigenvalue weighted by Crippen LogP contribution is -2.12. The highest BCUT2D eigenvalue weighted by atomic mass is 16.4. The average Bonchev–Trinajstić information content (AvgIpc) is 2.58. The molecule has 0 spiro atoms. The van der Waals surface area contributed by atoms with Crippen LogP contribution in [-0.4, -0.2) is 25.7 Å². The molecule has 0 saturated heterocycles. The van der Waals surface area contributed by atoms with E-state index in [2.05, 4.69) is 10.1 Å². The summed E-state index contributed by atoms with van der Waals surface area (Å²) in [5.41, 5.74) is 7.46. The molecule has 1 atom stereocenters. The molecule has 2 aromatic heterocycles. The normalized spacial score (nSPS) is 12.8. The van der Waals surface area contributed by atoms with Crippen LogP contribution in [-0.2, 0) is 11.2 Å². The summed E-state index contributed by atoms with van der Waals surface area (Å²) in [7, 11) is 0. The van der Waals surface area contributed by atoms with E-state index < -0.39 is 11.9 Å². The molecule has 0 bridgehead atoms. The van der Waals surface area contributed by atoms with Crippen LogP contribution >= 0.6 is 0 Å². The SMILES string of the molecule is CC(Cc1cc2ncc(N)cn2n1)C(=O)O. The average molecular weight is 220 g/mol. The fourth-order valence-corrected chi connectivity index (χ4v) is 1.44. The summed E-state index contributed by atoms with van der Waals surface area (Å²) in [5, 5.41) is 13.0. The highest BCUT2D eigenvalue weighted by Gasteiger charge is 2.14. The number of nitrogens with two attached hydrogens (primary N) is 1. The Morgan fingerprint density at radius 3 is 3.12 bits per heavy atom. The Morgan fingerprint density at radius 2 is 2.44 bits per heavy atom. The molecule has 0 aliphatic heterocycles. The number of rotatable bonds is 3. The summed E-state index contributed by atoms with van der Waals surface area (Å²) in [5.74, 6) is -1.29. The monoisotopic (exact) mass is 220 g/mol. The van der Waals surface area contributed by atoms with Gasteiger partial charge >= 0.3 is 5.97 Å². The van der Waals surface area contributed by atoms with E-state index in [0.29, 0.717) is 23.4 Å². The number of carbonyl (C=O) groups is 1. The maximum Gasteiger partial charge on any atom is 0.306 e. The van der Waals surface area contributed by atoms with Gasteiger partial charge in [0.1, 0.15) is 0 Å². The van der Waals surface area contributed by atoms with Crippen LogP contribution in [0.25, 0.3) is 5.65 Å². The van der Waals surface area contributed by atoms with E-state index in [-0.39, 0.29) is 0 Å². The number of nitrogens with zero attached hydrogens (tertiary/aromatic N) is 3. The van der Waals surface area contributed by atoms with Crippen LogP contribution in [0.2, 0.25) is 0 Å². The second-order valence-electron chi connectivity index (χ2n) is 3.77. The van der Waals surface area contributed by atoms with Crippen LogP contribution < -0.4 is 5.73 Å². The molecule has 2 heterocycles. The maximum atomic E-state index is 10.7. The first-order valence-corrected chi connectivity index (χ1v) is 4.89. The standard InChI is InChI=1S/C10H12N4O2/c1-6(10(15)16)2-8-3-9-12-4-7(11)5-14(9)13-8/h3-6H,2,11H2,1H3,(H,15,16). The van der Waals surface area contributed by atoms with Crippen molar-refractivity contribution in [1.29, 1.82) is 0 Å². The first-order chi connectivity index (χ1) is 7.56. The van der Waals surface area contributed by atoms with Crippen molar-refractivity contribution in [3.05, 3.63) is 24.2 Å². The molecule has 0 saturated carbocycles. The summed E-state index contributed by atoms with van der Waals surface area (Å²) in [6.45, 7) is 1.65. The third kappa shape index (κ3) is 1.95. The van der Waals surface area contributed by atoms with E-state index >= 15 is 0 Å². The highest BCUT2D eigenvalue weighted by Crippen LogP contribution is 2.10. The van der Waals surface area contributed by atoms with E-state index in [1.165, 1.54) is 0 Å². The molecule has 6 nitrogen and oxygen atoms in total. The maximum absolute atomic E-state index is 10.7. The number of hydrogen-bond donors (Lipinski definition) is 2. The van der Waals surface area contributed by atoms with Crippen molar-refractivity contribution in [3.63, 3.8) is 0 Å². The molecule has 84 valence electrons. The lowest BCUT2D eigenvalue weighted by molar-refractivity contribution is -0.141. The van der Waals surface area contributed by atoms with Crippen molar-refractivity contribution in [2.75, 3.05) is 5.73 Å². The molecule has 16 heavy (non-hydrogen) atoms. The lowest BCUT2D eigenvalue weighted by Gasteiger charge is -2.01. The molecule has 0 fully saturated rings. The Bertz CT molecular complexity index is 535. The Kier molecular flexibility index (Phi) is 2.47. The van der Waals surface area contributed by atoms with Gasteiger partial charge < -0.3 is 10.8 Å². The second kappa shape index (κ2) is 3.80. The van der Waals surface area contributed by atoms with Gasteiger partial charge in [-0.15, -0.1) is 0 Å². The molecular weight excluding hydrogens is 208 g/mol. The summed E-state index contributed by atoms with van der Waals surface area (Å²) < 4.78 is 1.55. The zero-order chi connectivity index (χ0) is 11.7. The zero-order valence-electron chi connectivity index (χ0n) is 8.79. The van der Waals surface area contributed by atoms with Crippen LogP contribution in [0.3, 0.4) is 0 Å². The van der Waals surface area contributed by atoms with Gasteiger partial charge in [0, 0.05) is 12.5 Å². The van der Waals surface area contributed by atoms with Gasteiger partial charge in [-0.05, 0) is 0 Å². The minimum atomic E-state index is -0.829. The third-order valence-corrected chi connectivity index (χ3v) is 2.32. The van der Waals surface area contributed by atoms with E-state index in [1.54, 1.807) is 29.9 Å². The highest BCUT2D eigenvalue weighted by molar-refractivity contribution is 5.69. The molecule has 0 aliphatic carbocycles. The van der Waals surface area contributed by atoms with Crippen molar-refractivity contribution in [2.45, 2.75) is 13.3 Å². The first-order valence-electron chi connectivity index (χ1n) is 4.89. The summed E-state index contributed by atoms with van der Waals surface area (Å²) in [4.78, 5) is 14.8. The number of carboxylic acid groups (broad SMARTS) is 1. The summed E-state index contributed by atoms with van der Waals surface area (Å²) >= 11 is 0. The predicted molar refractivity (Wildman–Crippen MR) is 57.9 cm³/mol. The van der Waals surface area contributed by atoms with E-state index in [9.17, 15) is 4.79 Å². The number of aromatic nitrogens is 3. The largest absolute Gasteiger partial charge is 0.481 e. The Morgan fingerprint density at radius 1 is 1.69 bits per heavy atom. The van der Waals surface area contributed by atoms with Crippen molar-refractivity contribution in [1.82, 2.24) is 14.6 Å². The quantitative estimate of drug-likeness (QED) is 0.788. The van der Waals surface area contributed by atoms with Gasteiger partial charge in [-0.2, -0.15) is 5.10 Å². The van der Waals surface area contributed by atoms with E-state index in [0.717, 1.165) is 0 Å². The van der Waals surface area contributed by atoms with Crippen LogP contribution in [0, 0.1) is 5.92 Å².